The number of aryl methyl sites for hydroxylation is 1. The van der Waals surface area contributed by atoms with Gasteiger partial charge in [0.25, 0.3) is 0 Å². The summed E-state index contributed by atoms with van der Waals surface area (Å²) in [6.45, 7) is 6.53. The maximum atomic E-state index is 5.95. The van der Waals surface area contributed by atoms with Gasteiger partial charge in [-0.3, -0.25) is 0 Å². The minimum Gasteiger partial charge on any atom is -0.330 e. The van der Waals surface area contributed by atoms with Crippen molar-refractivity contribution >= 4 is 0 Å². The first-order valence-electron chi connectivity index (χ1n) is 6.78. The highest BCUT2D eigenvalue weighted by Gasteiger charge is 2.16. The van der Waals surface area contributed by atoms with Gasteiger partial charge in [0.15, 0.2) is 0 Å². The quantitative estimate of drug-likeness (QED) is 0.864. The molecule has 17 heavy (non-hydrogen) atoms. The molecule has 1 aromatic carbocycles. The van der Waals surface area contributed by atoms with E-state index in [0.29, 0.717) is 5.92 Å². The maximum Gasteiger partial charge on any atom is 0.00889 e. The van der Waals surface area contributed by atoms with E-state index >= 15 is 0 Å². The summed E-state index contributed by atoms with van der Waals surface area (Å²) >= 11 is 0. The number of piperidine rings is 1. The molecule has 1 atom stereocenters. The van der Waals surface area contributed by atoms with Crippen molar-refractivity contribution in [3.63, 3.8) is 0 Å². The van der Waals surface area contributed by atoms with Crippen LogP contribution in [0, 0.1) is 6.92 Å². The van der Waals surface area contributed by atoms with Crippen molar-refractivity contribution in [3.05, 3.63) is 35.4 Å². The Bertz CT molecular complexity index is 343. The number of rotatable bonds is 4. The molecule has 0 spiro atoms. The predicted molar refractivity (Wildman–Crippen MR) is 73.3 cm³/mol. The SMILES string of the molecule is Cc1cccc(C(CN)CN2CCCCC2)c1. The van der Waals surface area contributed by atoms with E-state index in [1.807, 2.05) is 0 Å². The van der Waals surface area contributed by atoms with Gasteiger partial charge in [0.2, 0.25) is 0 Å². The van der Waals surface area contributed by atoms with Crippen LogP contribution in [0.5, 0.6) is 0 Å². The van der Waals surface area contributed by atoms with Crippen LogP contribution in [-0.4, -0.2) is 31.1 Å². The second kappa shape index (κ2) is 6.18. The Labute approximate surface area is 105 Å². The first-order valence-corrected chi connectivity index (χ1v) is 6.78. The van der Waals surface area contributed by atoms with E-state index in [4.69, 9.17) is 5.73 Å². The van der Waals surface area contributed by atoms with Gasteiger partial charge in [0.05, 0.1) is 0 Å². The molecule has 1 aliphatic rings. The zero-order chi connectivity index (χ0) is 12.1. The molecule has 0 saturated carbocycles. The van der Waals surface area contributed by atoms with Crippen molar-refractivity contribution in [3.8, 4) is 0 Å². The van der Waals surface area contributed by atoms with Gasteiger partial charge in [-0.2, -0.15) is 0 Å². The molecule has 1 aliphatic heterocycles. The molecule has 0 aliphatic carbocycles. The summed E-state index contributed by atoms with van der Waals surface area (Å²) in [7, 11) is 0. The Morgan fingerprint density at radius 3 is 2.65 bits per heavy atom. The van der Waals surface area contributed by atoms with Crippen molar-refractivity contribution in [2.45, 2.75) is 32.1 Å². The first-order chi connectivity index (χ1) is 8.29. The van der Waals surface area contributed by atoms with Crippen LogP contribution >= 0.6 is 0 Å². The zero-order valence-corrected chi connectivity index (χ0v) is 10.9. The van der Waals surface area contributed by atoms with E-state index in [1.165, 1.54) is 43.5 Å². The normalized spacial score (nSPS) is 19.2. The van der Waals surface area contributed by atoms with Gasteiger partial charge in [0.1, 0.15) is 0 Å². The van der Waals surface area contributed by atoms with Gasteiger partial charge in [-0.1, -0.05) is 36.2 Å². The highest BCUT2D eigenvalue weighted by molar-refractivity contribution is 5.26. The van der Waals surface area contributed by atoms with Crippen LogP contribution in [0.25, 0.3) is 0 Å². The van der Waals surface area contributed by atoms with Gasteiger partial charge in [-0.25, -0.2) is 0 Å². The van der Waals surface area contributed by atoms with Crippen LogP contribution in [0.4, 0.5) is 0 Å². The van der Waals surface area contributed by atoms with Crippen molar-refractivity contribution < 1.29 is 0 Å². The lowest BCUT2D eigenvalue weighted by Gasteiger charge is -2.30. The van der Waals surface area contributed by atoms with Gasteiger partial charge in [0, 0.05) is 19.0 Å². The van der Waals surface area contributed by atoms with Crippen molar-refractivity contribution in [2.24, 2.45) is 5.73 Å². The summed E-state index contributed by atoms with van der Waals surface area (Å²) in [5.74, 6) is 0.494. The summed E-state index contributed by atoms with van der Waals surface area (Å²) in [5, 5.41) is 0. The molecule has 94 valence electrons. The van der Waals surface area contributed by atoms with Gasteiger partial charge in [-0.15, -0.1) is 0 Å². The Morgan fingerprint density at radius 1 is 1.24 bits per heavy atom. The molecule has 2 heteroatoms. The topological polar surface area (TPSA) is 29.3 Å². The standard InChI is InChI=1S/C15H24N2/c1-13-6-5-7-14(10-13)15(11-16)12-17-8-3-2-4-9-17/h5-7,10,15H,2-4,8-9,11-12,16H2,1H3. The number of nitrogens with zero attached hydrogens (tertiary/aromatic N) is 1. The van der Waals surface area contributed by atoms with Gasteiger partial charge in [-0.05, 0) is 38.4 Å². The van der Waals surface area contributed by atoms with Crippen LogP contribution in [0.3, 0.4) is 0 Å². The lowest BCUT2D eigenvalue weighted by molar-refractivity contribution is 0.216. The Kier molecular flexibility index (Phi) is 4.57. The van der Waals surface area contributed by atoms with Crippen LogP contribution in [0.2, 0.25) is 0 Å². The molecule has 1 fully saturated rings. The van der Waals surface area contributed by atoms with Crippen molar-refractivity contribution in [1.82, 2.24) is 4.90 Å². The second-order valence-electron chi connectivity index (χ2n) is 5.21. The molecule has 0 amide bonds. The number of hydrogen-bond acceptors (Lipinski definition) is 2. The largest absolute Gasteiger partial charge is 0.330 e. The Balaban J connectivity index is 2.00. The van der Waals surface area contributed by atoms with Crippen LogP contribution in [0.1, 0.15) is 36.3 Å². The number of nitrogens with two attached hydrogens (primary N) is 1. The van der Waals surface area contributed by atoms with E-state index < -0.39 is 0 Å². The third-order valence-electron chi connectivity index (χ3n) is 3.73. The van der Waals surface area contributed by atoms with Crippen LogP contribution in [-0.2, 0) is 0 Å². The van der Waals surface area contributed by atoms with Gasteiger partial charge < -0.3 is 10.6 Å². The third-order valence-corrected chi connectivity index (χ3v) is 3.73. The fourth-order valence-electron chi connectivity index (χ4n) is 2.69. The fraction of sp³-hybridized carbons (Fsp3) is 0.600. The van der Waals surface area contributed by atoms with E-state index in [1.54, 1.807) is 0 Å². The Hall–Kier alpha value is -0.860. The average Bonchev–Trinajstić information content (AvgIpc) is 2.37. The summed E-state index contributed by atoms with van der Waals surface area (Å²) in [5.41, 5.74) is 8.68. The summed E-state index contributed by atoms with van der Waals surface area (Å²) in [6.07, 6.45) is 4.10. The average molecular weight is 232 g/mol. The molecule has 1 aromatic rings. The number of hydrogen-bond donors (Lipinski definition) is 1. The third kappa shape index (κ3) is 3.55. The van der Waals surface area contributed by atoms with Crippen molar-refractivity contribution in [1.29, 1.82) is 0 Å². The molecule has 2 rings (SSSR count). The Morgan fingerprint density at radius 2 is 2.00 bits per heavy atom. The van der Waals surface area contributed by atoms with E-state index in [2.05, 4.69) is 36.1 Å². The predicted octanol–water partition coefficient (Wildman–Crippen LogP) is 2.52. The zero-order valence-electron chi connectivity index (χ0n) is 10.9. The molecule has 1 heterocycles. The minimum absolute atomic E-state index is 0.494. The summed E-state index contributed by atoms with van der Waals surface area (Å²) in [6, 6.07) is 8.79. The van der Waals surface area contributed by atoms with E-state index in [-0.39, 0.29) is 0 Å². The molecule has 0 aromatic heterocycles. The van der Waals surface area contributed by atoms with Crippen molar-refractivity contribution in [2.75, 3.05) is 26.2 Å². The highest BCUT2D eigenvalue weighted by Crippen LogP contribution is 2.19. The van der Waals surface area contributed by atoms with E-state index in [0.717, 1.165) is 13.1 Å². The molecular weight excluding hydrogens is 208 g/mol. The monoisotopic (exact) mass is 232 g/mol. The molecule has 0 bridgehead atoms. The molecular formula is C15H24N2. The lowest BCUT2D eigenvalue weighted by Crippen LogP contribution is -2.35. The molecule has 2 N–H and O–H groups in total. The summed E-state index contributed by atoms with van der Waals surface area (Å²) < 4.78 is 0. The van der Waals surface area contributed by atoms with Gasteiger partial charge >= 0.3 is 0 Å². The number of likely N-dealkylation sites (tertiary alicyclic amines) is 1. The van der Waals surface area contributed by atoms with E-state index in [9.17, 15) is 0 Å². The smallest absolute Gasteiger partial charge is 0.00889 e. The number of benzene rings is 1. The summed E-state index contributed by atoms with van der Waals surface area (Å²) in [4.78, 5) is 2.57. The first kappa shape index (κ1) is 12.6. The van der Waals surface area contributed by atoms with Crippen LogP contribution in [0.15, 0.2) is 24.3 Å². The minimum atomic E-state index is 0.494. The molecule has 1 unspecified atom stereocenters. The highest BCUT2D eigenvalue weighted by atomic mass is 15.1. The molecule has 1 saturated heterocycles. The molecule has 2 nitrogen and oxygen atoms in total. The lowest BCUT2D eigenvalue weighted by atomic mass is 9.96. The molecule has 0 radical (unpaired) electrons. The fourth-order valence-corrected chi connectivity index (χ4v) is 2.69. The maximum absolute atomic E-state index is 5.95. The second-order valence-corrected chi connectivity index (χ2v) is 5.21. The van der Waals surface area contributed by atoms with Crippen LogP contribution < -0.4 is 5.73 Å².